The highest BCUT2D eigenvalue weighted by molar-refractivity contribution is 5.98. The van der Waals surface area contributed by atoms with Gasteiger partial charge in [0, 0.05) is 36.3 Å². The molecule has 21 heavy (non-hydrogen) atoms. The van der Waals surface area contributed by atoms with Gasteiger partial charge in [0.25, 0.3) is 0 Å². The predicted octanol–water partition coefficient (Wildman–Crippen LogP) is 3.18. The van der Waals surface area contributed by atoms with Crippen LogP contribution in [0.15, 0.2) is 24.4 Å². The van der Waals surface area contributed by atoms with E-state index in [4.69, 9.17) is 10.5 Å². The van der Waals surface area contributed by atoms with E-state index in [2.05, 4.69) is 17.2 Å². The number of nitrogens with zero attached hydrogens (tertiary/aromatic N) is 1. The Hall–Kier alpha value is -1.88. The zero-order valence-electron chi connectivity index (χ0n) is 12.1. The van der Waals surface area contributed by atoms with Gasteiger partial charge in [-0.2, -0.15) is 0 Å². The van der Waals surface area contributed by atoms with Crippen LogP contribution < -0.4 is 11.1 Å². The highest BCUT2D eigenvalue weighted by Crippen LogP contribution is 2.31. The number of aromatic nitrogens is 1. The molecule has 2 heterocycles. The van der Waals surface area contributed by atoms with Crippen LogP contribution in [0.3, 0.4) is 0 Å². The van der Waals surface area contributed by atoms with Gasteiger partial charge in [0.05, 0.1) is 17.3 Å². The molecule has 0 spiro atoms. The van der Waals surface area contributed by atoms with Crippen molar-refractivity contribution in [1.82, 2.24) is 4.98 Å². The van der Waals surface area contributed by atoms with E-state index >= 15 is 0 Å². The highest BCUT2D eigenvalue weighted by Gasteiger charge is 2.26. The molecule has 1 aromatic carbocycles. The first-order valence-corrected chi connectivity index (χ1v) is 7.39. The summed E-state index contributed by atoms with van der Waals surface area (Å²) in [6, 6.07) is 5.02. The first-order chi connectivity index (χ1) is 10.2. The number of halogens is 1. The normalized spacial score (nSPS) is 21.8. The Bertz CT molecular complexity index is 647. The molecule has 3 rings (SSSR count). The molecule has 5 heteroatoms. The molecule has 1 aliphatic heterocycles. The van der Waals surface area contributed by atoms with Crippen molar-refractivity contribution in [3.05, 3.63) is 30.2 Å². The molecule has 112 valence electrons. The van der Waals surface area contributed by atoms with Crippen molar-refractivity contribution in [2.45, 2.75) is 25.9 Å². The van der Waals surface area contributed by atoms with Crippen molar-refractivity contribution in [2.75, 3.05) is 24.2 Å². The largest absolute Gasteiger partial charge is 0.398 e. The Kier molecular flexibility index (Phi) is 3.92. The maximum Gasteiger partial charge on any atom is 0.150 e. The number of benzene rings is 1. The van der Waals surface area contributed by atoms with E-state index in [9.17, 15) is 4.39 Å². The quantitative estimate of drug-likeness (QED) is 0.849. The lowest BCUT2D eigenvalue weighted by Crippen LogP contribution is -2.23. The third kappa shape index (κ3) is 2.65. The molecule has 0 bridgehead atoms. The maximum atomic E-state index is 14.2. The van der Waals surface area contributed by atoms with Crippen LogP contribution in [0.1, 0.15) is 19.8 Å². The fourth-order valence-electron chi connectivity index (χ4n) is 3.02. The zero-order chi connectivity index (χ0) is 14.8. The standard InChI is InChI=1S/C16H20FN3O/c1-2-14-10(5-7-21-14)9-20-16-12(17)8-13(18)11-4-3-6-19-15(11)16/h3-4,6,8,10,14,20H,2,5,7,9,18H2,1H3. The average Bonchev–Trinajstić information content (AvgIpc) is 2.94. The lowest BCUT2D eigenvalue weighted by atomic mass is 9.99. The number of nitrogens with one attached hydrogen (secondary N) is 1. The summed E-state index contributed by atoms with van der Waals surface area (Å²) in [5.41, 5.74) is 7.29. The second kappa shape index (κ2) is 5.85. The first-order valence-electron chi connectivity index (χ1n) is 7.39. The molecule has 1 fully saturated rings. The molecule has 1 aliphatic rings. The maximum absolute atomic E-state index is 14.2. The molecule has 2 atom stereocenters. The van der Waals surface area contributed by atoms with Crippen molar-refractivity contribution in [3.8, 4) is 0 Å². The van der Waals surface area contributed by atoms with Crippen molar-refractivity contribution in [2.24, 2.45) is 5.92 Å². The Morgan fingerprint density at radius 2 is 2.38 bits per heavy atom. The van der Waals surface area contributed by atoms with Crippen LogP contribution in [-0.4, -0.2) is 24.2 Å². The summed E-state index contributed by atoms with van der Waals surface area (Å²) in [7, 11) is 0. The Morgan fingerprint density at radius 3 is 3.19 bits per heavy atom. The van der Waals surface area contributed by atoms with Crippen molar-refractivity contribution < 1.29 is 9.13 Å². The summed E-state index contributed by atoms with van der Waals surface area (Å²) in [5.74, 6) is 0.0522. The number of anilines is 2. The Balaban J connectivity index is 1.87. The minimum absolute atomic E-state index is 0.258. The molecule has 2 unspecified atom stereocenters. The van der Waals surface area contributed by atoms with Gasteiger partial charge in [-0.3, -0.25) is 4.98 Å². The molecule has 0 amide bonds. The summed E-state index contributed by atoms with van der Waals surface area (Å²) in [5, 5.41) is 3.99. The predicted molar refractivity (Wildman–Crippen MR) is 82.7 cm³/mol. The molecule has 2 aromatic rings. The van der Waals surface area contributed by atoms with Crippen LogP contribution in [-0.2, 0) is 4.74 Å². The van der Waals surface area contributed by atoms with Gasteiger partial charge in [-0.25, -0.2) is 4.39 Å². The number of nitrogens with two attached hydrogens (primary N) is 1. The SMILES string of the molecule is CCC1OCCC1CNc1c(F)cc(N)c2cccnc12. The molecule has 0 aliphatic carbocycles. The number of nitrogen functional groups attached to an aromatic ring is 1. The lowest BCUT2D eigenvalue weighted by molar-refractivity contribution is 0.0900. The van der Waals surface area contributed by atoms with Gasteiger partial charge in [-0.05, 0) is 31.0 Å². The van der Waals surface area contributed by atoms with E-state index < -0.39 is 0 Å². The Morgan fingerprint density at radius 1 is 1.52 bits per heavy atom. The molecule has 1 aromatic heterocycles. The molecular weight excluding hydrogens is 269 g/mol. The molecule has 0 radical (unpaired) electrons. The number of pyridine rings is 1. The van der Waals surface area contributed by atoms with E-state index in [0.717, 1.165) is 24.8 Å². The summed E-state index contributed by atoms with van der Waals surface area (Å²) in [6.45, 7) is 3.59. The second-order valence-corrected chi connectivity index (χ2v) is 5.47. The number of hydrogen-bond donors (Lipinski definition) is 2. The summed E-state index contributed by atoms with van der Waals surface area (Å²) in [4.78, 5) is 4.27. The first kappa shape index (κ1) is 14.1. The minimum atomic E-state index is -0.356. The zero-order valence-corrected chi connectivity index (χ0v) is 12.1. The van der Waals surface area contributed by atoms with E-state index in [1.807, 2.05) is 6.07 Å². The summed E-state index contributed by atoms with van der Waals surface area (Å²) < 4.78 is 19.9. The van der Waals surface area contributed by atoms with E-state index in [1.165, 1.54) is 6.07 Å². The van der Waals surface area contributed by atoms with Crippen LogP contribution in [0, 0.1) is 11.7 Å². The Labute approximate surface area is 123 Å². The van der Waals surface area contributed by atoms with Crippen LogP contribution >= 0.6 is 0 Å². The number of ether oxygens (including phenoxy) is 1. The minimum Gasteiger partial charge on any atom is -0.398 e. The highest BCUT2D eigenvalue weighted by atomic mass is 19.1. The van der Waals surface area contributed by atoms with Gasteiger partial charge in [-0.15, -0.1) is 0 Å². The number of fused-ring (bicyclic) bond motifs is 1. The van der Waals surface area contributed by atoms with E-state index in [1.54, 1.807) is 12.3 Å². The molecule has 4 nitrogen and oxygen atoms in total. The number of rotatable bonds is 4. The van der Waals surface area contributed by atoms with Gasteiger partial charge >= 0.3 is 0 Å². The van der Waals surface area contributed by atoms with Crippen molar-refractivity contribution >= 4 is 22.3 Å². The second-order valence-electron chi connectivity index (χ2n) is 5.47. The monoisotopic (exact) mass is 289 g/mol. The van der Waals surface area contributed by atoms with Crippen LogP contribution in [0.5, 0.6) is 0 Å². The van der Waals surface area contributed by atoms with Crippen molar-refractivity contribution in [3.63, 3.8) is 0 Å². The van der Waals surface area contributed by atoms with Gasteiger partial charge in [0.1, 0.15) is 0 Å². The van der Waals surface area contributed by atoms with E-state index in [0.29, 0.717) is 29.4 Å². The van der Waals surface area contributed by atoms with Crippen LogP contribution in [0.2, 0.25) is 0 Å². The van der Waals surface area contributed by atoms with Crippen molar-refractivity contribution in [1.29, 1.82) is 0 Å². The number of hydrogen-bond acceptors (Lipinski definition) is 4. The van der Waals surface area contributed by atoms with Gasteiger partial charge in [-0.1, -0.05) is 6.92 Å². The van der Waals surface area contributed by atoms with Gasteiger partial charge in [0.15, 0.2) is 5.82 Å². The van der Waals surface area contributed by atoms with Crippen LogP contribution in [0.4, 0.5) is 15.8 Å². The topological polar surface area (TPSA) is 60.2 Å². The van der Waals surface area contributed by atoms with Crippen LogP contribution in [0.25, 0.3) is 10.9 Å². The van der Waals surface area contributed by atoms with Gasteiger partial charge in [0.2, 0.25) is 0 Å². The molecule has 0 saturated carbocycles. The summed E-state index contributed by atoms with van der Waals surface area (Å²) in [6.07, 6.45) is 3.90. The molecule has 1 saturated heterocycles. The average molecular weight is 289 g/mol. The fraction of sp³-hybridized carbons (Fsp3) is 0.438. The van der Waals surface area contributed by atoms with Gasteiger partial charge < -0.3 is 15.8 Å². The molecule has 3 N–H and O–H groups in total. The summed E-state index contributed by atoms with van der Waals surface area (Å²) >= 11 is 0. The third-order valence-electron chi connectivity index (χ3n) is 4.17. The third-order valence-corrected chi connectivity index (χ3v) is 4.17. The fourth-order valence-corrected chi connectivity index (χ4v) is 3.02. The smallest absolute Gasteiger partial charge is 0.150 e. The van der Waals surface area contributed by atoms with E-state index in [-0.39, 0.29) is 11.9 Å². The molecular formula is C16H20FN3O. The lowest BCUT2D eigenvalue weighted by Gasteiger charge is -2.19.